The number of para-hydroxylation sites is 1. The fourth-order valence-corrected chi connectivity index (χ4v) is 5.71. The summed E-state index contributed by atoms with van der Waals surface area (Å²) in [4.78, 5) is 39.8. The van der Waals surface area contributed by atoms with Gasteiger partial charge in [-0.2, -0.15) is 5.10 Å². The van der Waals surface area contributed by atoms with Crippen LogP contribution in [-0.4, -0.2) is 57.3 Å². The van der Waals surface area contributed by atoms with E-state index in [1.807, 2.05) is 30.1 Å². The van der Waals surface area contributed by atoms with Gasteiger partial charge in [0.25, 0.3) is 0 Å². The largest absolute Gasteiger partial charge is 0.488 e. The Balaban J connectivity index is 1.21. The minimum atomic E-state index is -0.450. The fourth-order valence-electron chi connectivity index (χ4n) is 4.91. The molecular formula is C27H30N4O4S. The SMILES string of the molecule is Cc1ccc(SCC(=O)N2CCC(Oc3cccc4c(C5CCC(=O)NC5=O)nn(C)c34)CC2)cc1. The molecule has 36 heavy (non-hydrogen) atoms. The first-order chi connectivity index (χ1) is 17.4. The third-order valence-corrected chi connectivity index (χ3v) is 7.89. The number of carbonyl (C=O) groups is 3. The topological polar surface area (TPSA) is 93.5 Å². The molecule has 3 heterocycles. The van der Waals surface area contributed by atoms with Crippen molar-refractivity contribution in [3.8, 4) is 5.75 Å². The minimum Gasteiger partial charge on any atom is -0.488 e. The number of imide groups is 1. The highest BCUT2D eigenvalue weighted by atomic mass is 32.2. The number of fused-ring (bicyclic) bond motifs is 1. The number of thioether (sulfide) groups is 1. The van der Waals surface area contributed by atoms with Crippen molar-refractivity contribution >= 4 is 40.4 Å². The van der Waals surface area contributed by atoms with Crippen LogP contribution in [0.5, 0.6) is 5.75 Å². The number of amides is 3. The molecule has 2 aliphatic rings. The van der Waals surface area contributed by atoms with E-state index in [0.717, 1.165) is 34.4 Å². The minimum absolute atomic E-state index is 0.00153. The molecule has 1 atom stereocenters. The van der Waals surface area contributed by atoms with E-state index in [2.05, 4.69) is 41.6 Å². The van der Waals surface area contributed by atoms with E-state index in [9.17, 15) is 14.4 Å². The van der Waals surface area contributed by atoms with Gasteiger partial charge in [-0.1, -0.05) is 29.8 Å². The Bertz CT molecular complexity index is 1300. The lowest BCUT2D eigenvalue weighted by atomic mass is 9.93. The molecule has 5 rings (SSSR count). The van der Waals surface area contributed by atoms with Crippen molar-refractivity contribution in [3.63, 3.8) is 0 Å². The first-order valence-electron chi connectivity index (χ1n) is 12.3. The van der Waals surface area contributed by atoms with Crippen molar-refractivity contribution in [2.75, 3.05) is 18.8 Å². The Morgan fingerprint density at radius 1 is 1.11 bits per heavy atom. The van der Waals surface area contributed by atoms with Gasteiger partial charge < -0.3 is 9.64 Å². The molecular weight excluding hydrogens is 476 g/mol. The molecule has 188 valence electrons. The molecule has 0 saturated carbocycles. The van der Waals surface area contributed by atoms with Gasteiger partial charge in [0, 0.05) is 49.7 Å². The van der Waals surface area contributed by atoms with Crippen molar-refractivity contribution in [3.05, 3.63) is 53.7 Å². The molecule has 1 aromatic heterocycles. The summed E-state index contributed by atoms with van der Waals surface area (Å²) < 4.78 is 8.16. The van der Waals surface area contributed by atoms with Gasteiger partial charge in [-0.25, -0.2) is 0 Å². The number of aryl methyl sites for hydroxylation is 2. The molecule has 3 aromatic rings. The first kappa shape index (κ1) is 24.4. The number of nitrogens with zero attached hydrogens (tertiary/aromatic N) is 3. The van der Waals surface area contributed by atoms with Crippen LogP contribution in [0.15, 0.2) is 47.4 Å². The van der Waals surface area contributed by atoms with Crippen LogP contribution in [0.1, 0.15) is 42.9 Å². The zero-order valence-electron chi connectivity index (χ0n) is 20.5. The number of rotatable bonds is 6. The molecule has 0 aliphatic carbocycles. The lowest BCUT2D eigenvalue weighted by Crippen LogP contribution is -2.42. The van der Waals surface area contributed by atoms with Gasteiger partial charge in [0.15, 0.2) is 0 Å². The summed E-state index contributed by atoms with van der Waals surface area (Å²) in [6.45, 7) is 3.39. The van der Waals surface area contributed by atoms with Crippen LogP contribution < -0.4 is 10.1 Å². The average Bonchev–Trinajstić information content (AvgIpc) is 3.21. The number of carbonyl (C=O) groups excluding carboxylic acids is 3. The summed E-state index contributed by atoms with van der Waals surface area (Å²) in [7, 11) is 1.84. The summed E-state index contributed by atoms with van der Waals surface area (Å²) >= 11 is 1.57. The highest BCUT2D eigenvalue weighted by molar-refractivity contribution is 8.00. The molecule has 2 aliphatic heterocycles. The summed E-state index contributed by atoms with van der Waals surface area (Å²) in [5, 5.41) is 7.93. The van der Waals surface area contributed by atoms with Gasteiger partial charge in [0.1, 0.15) is 17.4 Å². The Hall–Kier alpha value is -3.33. The van der Waals surface area contributed by atoms with E-state index in [4.69, 9.17) is 4.74 Å². The summed E-state index contributed by atoms with van der Waals surface area (Å²) in [6.07, 6.45) is 2.28. The van der Waals surface area contributed by atoms with Crippen LogP contribution in [0.2, 0.25) is 0 Å². The molecule has 2 aromatic carbocycles. The van der Waals surface area contributed by atoms with Gasteiger partial charge in [-0.3, -0.25) is 24.4 Å². The summed E-state index contributed by atoms with van der Waals surface area (Å²) in [6, 6.07) is 14.0. The zero-order valence-corrected chi connectivity index (χ0v) is 21.3. The third kappa shape index (κ3) is 5.11. The zero-order chi connectivity index (χ0) is 25.2. The number of ether oxygens (including phenoxy) is 1. The smallest absolute Gasteiger partial charge is 0.235 e. The molecule has 0 radical (unpaired) electrons. The molecule has 0 spiro atoms. The van der Waals surface area contributed by atoms with Crippen LogP contribution in [-0.2, 0) is 21.4 Å². The third-order valence-electron chi connectivity index (χ3n) is 6.90. The Kier molecular flexibility index (Phi) is 7.00. The quantitative estimate of drug-likeness (QED) is 0.406. The first-order valence-corrected chi connectivity index (χ1v) is 13.3. The number of benzene rings is 2. The van der Waals surface area contributed by atoms with E-state index in [1.165, 1.54) is 5.56 Å². The molecule has 9 heteroatoms. The summed E-state index contributed by atoms with van der Waals surface area (Å²) in [5.41, 5.74) is 2.72. The maximum atomic E-state index is 12.7. The number of likely N-dealkylation sites (tertiary alicyclic amines) is 1. The average molecular weight is 507 g/mol. The van der Waals surface area contributed by atoms with E-state index < -0.39 is 5.92 Å². The fraction of sp³-hybridized carbons (Fsp3) is 0.407. The van der Waals surface area contributed by atoms with Gasteiger partial charge >= 0.3 is 0 Å². The Morgan fingerprint density at radius 2 is 1.86 bits per heavy atom. The van der Waals surface area contributed by atoms with Crippen molar-refractivity contribution in [1.82, 2.24) is 20.0 Å². The predicted molar refractivity (Wildman–Crippen MR) is 138 cm³/mol. The second-order valence-electron chi connectivity index (χ2n) is 9.46. The highest BCUT2D eigenvalue weighted by Gasteiger charge is 2.32. The van der Waals surface area contributed by atoms with Crippen LogP contribution in [0, 0.1) is 6.92 Å². The Morgan fingerprint density at radius 3 is 2.58 bits per heavy atom. The van der Waals surface area contributed by atoms with Crippen molar-refractivity contribution in [2.45, 2.75) is 49.5 Å². The van der Waals surface area contributed by atoms with E-state index in [0.29, 0.717) is 37.4 Å². The van der Waals surface area contributed by atoms with Crippen molar-refractivity contribution in [1.29, 1.82) is 0 Å². The normalized spacial score (nSPS) is 18.9. The van der Waals surface area contributed by atoms with Gasteiger partial charge in [-0.05, 0) is 31.5 Å². The highest BCUT2D eigenvalue weighted by Crippen LogP contribution is 2.35. The maximum absolute atomic E-state index is 12.7. The number of hydrogen-bond donors (Lipinski definition) is 1. The second kappa shape index (κ2) is 10.3. The maximum Gasteiger partial charge on any atom is 0.235 e. The Labute approximate surface area is 214 Å². The van der Waals surface area contributed by atoms with Crippen LogP contribution >= 0.6 is 11.8 Å². The molecule has 8 nitrogen and oxygen atoms in total. The second-order valence-corrected chi connectivity index (χ2v) is 10.5. The molecule has 2 fully saturated rings. The van der Waals surface area contributed by atoms with E-state index in [1.54, 1.807) is 16.4 Å². The molecule has 3 amide bonds. The van der Waals surface area contributed by atoms with Crippen molar-refractivity contribution in [2.24, 2.45) is 7.05 Å². The lowest BCUT2D eigenvalue weighted by Gasteiger charge is -2.32. The number of nitrogens with one attached hydrogen (secondary N) is 1. The molecule has 1 unspecified atom stereocenters. The lowest BCUT2D eigenvalue weighted by molar-refractivity contribution is -0.134. The van der Waals surface area contributed by atoms with E-state index in [-0.39, 0.29) is 23.8 Å². The number of aromatic nitrogens is 2. The van der Waals surface area contributed by atoms with Gasteiger partial charge in [-0.15, -0.1) is 11.8 Å². The monoisotopic (exact) mass is 506 g/mol. The number of piperidine rings is 2. The van der Waals surface area contributed by atoms with E-state index >= 15 is 0 Å². The molecule has 2 saturated heterocycles. The van der Waals surface area contributed by atoms with Crippen LogP contribution in [0.25, 0.3) is 10.9 Å². The van der Waals surface area contributed by atoms with Crippen LogP contribution in [0.3, 0.4) is 0 Å². The van der Waals surface area contributed by atoms with Gasteiger partial charge in [0.05, 0.1) is 17.4 Å². The van der Waals surface area contributed by atoms with Crippen LogP contribution in [0.4, 0.5) is 0 Å². The van der Waals surface area contributed by atoms with Crippen molar-refractivity contribution < 1.29 is 19.1 Å². The standard InChI is InChI=1S/C27H30N4O4S/c1-17-6-8-19(9-7-17)36-16-24(33)31-14-12-18(13-15-31)35-22-5-3-4-20-25(29-30(2)26(20)22)21-10-11-23(32)28-27(21)34/h3-9,18,21H,10-16H2,1-2H3,(H,28,32,34). The molecule has 1 N–H and O–H groups in total. The predicted octanol–water partition coefficient (Wildman–Crippen LogP) is 3.56. The number of hydrogen-bond acceptors (Lipinski definition) is 6. The molecule has 0 bridgehead atoms. The van der Waals surface area contributed by atoms with Gasteiger partial charge in [0.2, 0.25) is 17.7 Å². The summed E-state index contributed by atoms with van der Waals surface area (Å²) in [5.74, 6) is 0.330.